The van der Waals surface area contributed by atoms with Gasteiger partial charge in [-0.1, -0.05) is 52.0 Å². The number of benzene rings is 1. The third kappa shape index (κ3) is 3.12. The lowest BCUT2D eigenvalue weighted by Crippen LogP contribution is -2.29. The van der Waals surface area contributed by atoms with Crippen LogP contribution >= 0.6 is 0 Å². The minimum absolute atomic E-state index is 0.212. The van der Waals surface area contributed by atoms with Crippen molar-refractivity contribution in [2.45, 2.75) is 40.2 Å². The van der Waals surface area contributed by atoms with E-state index in [1.165, 1.54) is 5.56 Å². The van der Waals surface area contributed by atoms with E-state index in [1.54, 1.807) is 0 Å². The number of para-hydroxylation sites is 1. The molecule has 0 fully saturated rings. The van der Waals surface area contributed by atoms with Crippen molar-refractivity contribution in [1.29, 1.82) is 0 Å². The van der Waals surface area contributed by atoms with Crippen molar-refractivity contribution >= 4 is 0 Å². The van der Waals surface area contributed by atoms with E-state index in [2.05, 4.69) is 58.0 Å². The molecule has 2 unspecified atom stereocenters. The first-order valence-electron chi connectivity index (χ1n) is 6.40. The average molecular weight is 230 g/mol. The summed E-state index contributed by atoms with van der Waals surface area (Å²) in [5, 5.41) is 0. The van der Waals surface area contributed by atoms with Crippen molar-refractivity contribution in [3.8, 4) is 5.75 Å². The summed E-state index contributed by atoms with van der Waals surface area (Å²) in [7, 11) is 0. The highest BCUT2D eigenvalue weighted by Crippen LogP contribution is 2.31. The van der Waals surface area contributed by atoms with Crippen LogP contribution in [0.1, 0.15) is 33.3 Å². The monoisotopic (exact) mass is 230 g/mol. The normalized spacial score (nSPS) is 24.5. The van der Waals surface area contributed by atoms with Crippen molar-refractivity contribution in [1.82, 2.24) is 0 Å². The molecular formula is C16H22O. The maximum Gasteiger partial charge on any atom is 0.123 e. The third-order valence-corrected chi connectivity index (χ3v) is 3.12. The predicted molar refractivity (Wildman–Crippen MR) is 72.3 cm³/mol. The van der Waals surface area contributed by atoms with Crippen LogP contribution in [0.3, 0.4) is 0 Å². The second-order valence-corrected chi connectivity index (χ2v) is 6.10. The summed E-state index contributed by atoms with van der Waals surface area (Å²) in [5.74, 6) is 1.60. The van der Waals surface area contributed by atoms with E-state index in [-0.39, 0.29) is 11.5 Å². The topological polar surface area (TPSA) is 9.23 Å². The highest BCUT2D eigenvalue weighted by atomic mass is 16.5. The second kappa shape index (κ2) is 4.56. The highest BCUT2D eigenvalue weighted by Gasteiger charge is 2.24. The second-order valence-electron chi connectivity index (χ2n) is 6.10. The van der Waals surface area contributed by atoms with Crippen LogP contribution in [0.4, 0.5) is 0 Å². The van der Waals surface area contributed by atoms with E-state index >= 15 is 0 Å². The molecule has 1 aliphatic heterocycles. The fourth-order valence-electron chi connectivity index (χ4n) is 2.13. The Bertz CT molecular complexity index is 412. The van der Waals surface area contributed by atoms with E-state index in [9.17, 15) is 0 Å². The lowest BCUT2D eigenvalue weighted by Gasteiger charge is -2.30. The smallest absolute Gasteiger partial charge is 0.123 e. The van der Waals surface area contributed by atoms with E-state index in [1.807, 2.05) is 6.07 Å². The molecule has 0 aliphatic carbocycles. The van der Waals surface area contributed by atoms with E-state index < -0.39 is 0 Å². The molecule has 0 amide bonds. The van der Waals surface area contributed by atoms with Crippen molar-refractivity contribution in [2.75, 3.05) is 0 Å². The van der Waals surface area contributed by atoms with Gasteiger partial charge in [-0.3, -0.25) is 0 Å². The molecule has 1 aromatic rings. The minimum atomic E-state index is 0.212. The molecule has 0 saturated carbocycles. The van der Waals surface area contributed by atoms with Crippen LogP contribution in [-0.2, 0) is 6.42 Å². The first kappa shape index (κ1) is 12.2. The van der Waals surface area contributed by atoms with E-state index in [4.69, 9.17) is 4.74 Å². The Labute approximate surface area is 104 Å². The first-order chi connectivity index (χ1) is 7.96. The van der Waals surface area contributed by atoms with Crippen LogP contribution in [0.2, 0.25) is 0 Å². The van der Waals surface area contributed by atoms with Crippen molar-refractivity contribution < 1.29 is 4.74 Å². The quantitative estimate of drug-likeness (QED) is 0.656. The SMILES string of the molecule is CC1Cc2ccccc2OC1/C=C/C(C)(C)C. The summed E-state index contributed by atoms with van der Waals surface area (Å²) in [6, 6.07) is 8.36. The van der Waals surface area contributed by atoms with Crippen molar-refractivity contribution in [3.05, 3.63) is 42.0 Å². The lowest BCUT2D eigenvalue weighted by atomic mass is 9.89. The Morgan fingerprint density at radius 3 is 2.65 bits per heavy atom. The molecule has 1 aliphatic rings. The van der Waals surface area contributed by atoms with Gasteiger partial charge in [0.1, 0.15) is 11.9 Å². The molecule has 1 heteroatoms. The number of fused-ring (bicyclic) bond motifs is 1. The van der Waals surface area contributed by atoms with Gasteiger partial charge in [0.15, 0.2) is 0 Å². The van der Waals surface area contributed by atoms with Gasteiger partial charge in [-0.15, -0.1) is 0 Å². The molecule has 1 aromatic carbocycles. The average Bonchev–Trinajstić information content (AvgIpc) is 2.25. The van der Waals surface area contributed by atoms with Crippen LogP contribution in [0.15, 0.2) is 36.4 Å². The zero-order valence-electron chi connectivity index (χ0n) is 11.2. The summed E-state index contributed by atoms with van der Waals surface area (Å²) in [6.07, 6.45) is 5.79. The number of ether oxygens (including phenoxy) is 1. The van der Waals surface area contributed by atoms with Crippen LogP contribution in [-0.4, -0.2) is 6.10 Å². The molecule has 2 atom stereocenters. The molecule has 17 heavy (non-hydrogen) atoms. The van der Waals surface area contributed by atoms with Crippen LogP contribution < -0.4 is 4.74 Å². The summed E-state index contributed by atoms with van der Waals surface area (Å²) < 4.78 is 6.05. The van der Waals surface area contributed by atoms with E-state index in [0.717, 1.165) is 12.2 Å². The molecule has 1 heterocycles. The molecule has 0 saturated heterocycles. The molecule has 0 spiro atoms. The number of rotatable bonds is 1. The van der Waals surface area contributed by atoms with E-state index in [0.29, 0.717) is 5.92 Å². The highest BCUT2D eigenvalue weighted by molar-refractivity contribution is 5.36. The third-order valence-electron chi connectivity index (χ3n) is 3.12. The lowest BCUT2D eigenvalue weighted by molar-refractivity contribution is 0.164. The van der Waals surface area contributed by atoms with Gasteiger partial charge in [0, 0.05) is 5.92 Å². The minimum Gasteiger partial charge on any atom is -0.486 e. The fourth-order valence-corrected chi connectivity index (χ4v) is 2.13. The largest absolute Gasteiger partial charge is 0.486 e. The van der Waals surface area contributed by atoms with Crippen molar-refractivity contribution in [2.24, 2.45) is 11.3 Å². The summed E-state index contributed by atoms with van der Waals surface area (Å²) in [5.41, 5.74) is 1.56. The van der Waals surface area contributed by atoms with Gasteiger partial charge in [0.2, 0.25) is 0 Å². The van der Waals surface area contributed by atoms with Crippen LogP contribution in [0.25, 0.3) is 0 Å². The molecular weight excluding hydrogens is 208 g/mol. The summed E-state index contributed by atoms with van der Waals surface area (Å²) >= 11 is 0. The van der Waals surface area contributed by atoms with Gasteiger partial charge in [0.05, 0.1) is 0 Å². The number of hydrogen-bond acceptors (Lipinski definition) is 1. The van der Waals surface area contributed by atoms with Gasteiger partial charge in [0.25, 0.3) is 0 Å². The van der Waals surface area contributed by atoms with Gasteiger partial charge in [-0.2, -0.15) is 0 Å². The number of hydrogen-bond donors (Lipinski definition) is 0. The zero-order chi connectivity index (χ0) is 12.5. The Morgan fingerprint density at radius 1 is 1.24 bits per heavy atom. The Balaban J connectivity index is 2.15. The molecule has 92 valence electrons. The first-order valence-corrected chi connectivity index (χ1v) is 6.40. The zero-order valence-corrected chi connectivity index (χ0v) is 11.2. The van der Waals surface area contributed by atoms with Crippen molar-refractivity contribution in [3.63, 3.8) is 0 Å². The maximum absolute atomic E-state index is 6.05. The molecule has 0 aromatic heterocycles. The Kier molecular flexibility index (Phi) is 3.28. The van der Waals surface area contributed by atoms with Gasteiger partial charge < -0.3 is 4.74 Å². The maximum atomic E-state index is 6.05. The molecule has 1 nitrogen and oxygen atoms in total. The van der Waals surface area contributed by atoms with Crippen LogP contribution in [0, 0.1) is 11.3 Å². The fraction of sp³-hybridized carbons (Fsp3) is 0.500. The van der Waals surface area contributed by atoms with Gasteiger partial charge in [-0.25, -0.2) is 0 Å². The van der Waals surface area contributed by atoms with Gasteiger partial charge in [-0.05, 0) is 29.5 Å². The standard InChI is InChI=1S/C16H22O/c1-12-11-13-7-5-6-8-15(13)17-14(12)9-10-16(2,3)4/h5-10,12,14H,11H2,1-4H3/b10-9+. The van der Waals surface area contributed by atoms with Gasteiger partial charge >= 0.3 is 0 Å². The Hall–Kier alpha value is -1.24. The molecule has 0 N–H and O–H groups in total. The molecule has 2 rings (SSSR count). The number of allylic oxidation sites excluding steroid dienone is 1. The summed E-state index contributed by atoms with van der Waals surface area (Å²) in [4.78, 5) is 0. The summed E-state index contributed by atoms with van der Waals surface area (Å²) in [6.45, 7) is 8.90. The predicted octanol–water partition coefficient (Wildman–Crippen LogP) is 4.23. The van der Waals surface area contributed by atoms with Crippen LogP contribution in [0.5, 0.6) is 5.75 Å². The molecule has 0 bridgehead atoms. The Morgan fingerprint density at radius 2 is 1.94 bits per heavy atom. The molecule has 0 radical (unpaired) electrons.